The van der Waals surface area contributed by atoms with Crippen LogP contribution in [0.3, 0.4) is 0 Å². The van der Waals surface area contributed by atoms with Crippen LogP contribution >= 0.6 is 0 Å². The summed E-state index contributed by atoms with van der Waals surface area (Å²) >= 11 is 0. The number of hydrogen-bond donors (Lipinski definition) is 2. The Morgan fingerprint density at radius 1 is 1.00 bits per heavy atom. The number of aromatic hydroxyl groups is 1. The SMILES string of the molecule is COc1ccc2nc(-c3nn(-c4ccc(O)cc4)c4ccccc34)[nH]c2c1. The second-order valence-corrected chi connectivity index (χ2v) is 6.26. The van der Waals surface area contributed by atoms with E-state index in [4.69, 9.17) is 14.8 Å². The number of phenols is 1. The number of rotatable bonds is 3. The van der Waals surface area contributed by atoms with E-state index in [-0.39, 0.29) is 5.75 Å². The summed E-state index contributed by atoms with van der Waals surface area (Å²) in [6.45, 7) is 0. The van der Waals surface area contributed by atoms with Gasteiger partial charge >= 0.3 is 0 Å². The molecule has 132 valence electrons. The molecule has 0 amide bonds. The smallest absolute Gasteiger partial charge is 0.159 e. The average molecular weight is 356 g/mol. The fourth-order valence-electron chi connectivity index (χ4n) is 3.26. The summed E-state index contributed by atoms with van der Waals surface area (Å²) in [5, 5.41) is 15.4. The normalized spacial score (nSPS) is 11.3. The van der Waals surface area contributed by atoms with Crippen molar-refractivity contribution in [3.05, 3.63) is 66.7 Å². The molecule has 3 aromatic carbocycles. The van der Waals surface area contributed by atoms with Gasteiger partial charge in [0.1, 0.15) is 17.2 Å². The van der Waals surface area contributed by atoms with Crippen LogP contribution in [-0.2, 0) is 0 Å². The van der Waals surface area contributed by atoms with Crippen LogP contribution < -0.4 is 4.74 Å². The lowest BCUT2D eigenvalue weighted by atomic mass is 10.2. The second-order valence-electron chi connectivity index (χ2n) is 6.26. The summed E-state index contributed by atoms with van der Waals surface area (Å²) in [5.74, 6) is 1.70. The maximum atomic E-state index is 9.57. The molecular weight excluding hydrogens is 340 g/mol. The Morgan fingerprint density at radius 3 is 2.63 bits per heavy atom. The van der Waals surface area contributed by atoms with Crippen LogP contribution in [0.2, 0.25) is 0 Å². The van der Waals surface area contributed by atoms with Gasteiger partial charge in [-0.2, -0.15) is 5.10 Å². The summed E-state index contributed by atoms with van der Waals surface area (Å²) < 4.78 is 7.15. The first-order chi connectivity index (χ1) is 13.2. The van der Waals surface area contributed by atoms with Crippen molar-refractivity contribution in [3.63, 3.8) is 0 Å². The number of para-hydroxylation sites is 1. The maximum absolute atomic E-state index is 9.57. The Hall–Kier alpha value is -3.80. The molecule has 2 heterocycles. The van der Waals surface area contributed by atoms with Crippen LogP contribution in [0.4, 0.5) is 0 Å². The fraction of sp³-hybridized carbons (Fsp3) is 0.0476. The maximum Gasteiger partial charge on any atom is 0.159 e. The first-order valence-electron chi connectivity index (χ1n) is 8.54. The number of methoxy groups -OCH3 is 1. The predicted molar refractivity (Wildman–Crippen MR) is 104 cm³/mol. The minimum Gasteiger partial charge on any atom is -0.508 e. The van der Waals surface area contributed by atoms with Crippen molar-refractivity contribution in [2.75, 3.05) is 7.11 Å². The highest BCUT2D eigenvalue weighted by atomic mass is 16.5. The van der Waals surface area contributed by atoms with Gasteiger partial charge in [0, 0.05) is 11.5 Å². The Bertz CT molecular complexity index is 1270. The molecule has 2 aromatic heterocycles. The number of fused-ring (bicyclic) bond motifs is 2. The van der Waals surface area contributed by atoms with Crippen LogP contribution in [0.15, 0.2) is 66.7 Å². The number of benzene rings is 3. The van der Waals surface area contributed by atoms with Crippen molar-refractivity contribution < 1.29 is 9.84 Å². The molecule has 2 N–H and O–H groups in total. The van der Waals surface area contributed by atoms with Gasteiger partial charge in [-0.25, -0.2) is 9.67 Å². The van der Waals surface area contributed by atoms with Gasteiger partial charge in [0.15, 0.2) is 5.82 Å². The van der Waals surface area contributed by atoms with Crippen molar-refractivity contribution in [2.24, 2.45) is 0 Å². The highest BCUT2D eigenvalue weighted by Crippen LogP contribution is 2.30. The van der Waals surface area contributed by atoms with Crippen molar-refractivity contribution >= 4 is 21.9 Å². The van der Waals surface area contributed by atoms with Crippen molar-refractivity contribution in [1.82, 2.24) is 19.7 Å². The largest absolute Gasteiger partial charge is 0.508 e. The Morgan fingerprint density at radius 2 is 1.81 bits per heavy atom. The summed E-state index contributed by atoms with van der Waals surface area (Å²) in [6.07, 6.45) is 0. The van der Waals surface area contributed by atoms with E-state index in [2.05, 4.69) is 4.98 Å². The number of aromatic amines is 1. The number of hydrogen-bond acceptors (Lipinski definition) is 4. The number of imidazole rings is 1. The lowest BCUT2D eigenvalue weighted by Gasteiger charge is -2.03. The molecule has 0 atom stereocenters. The zero-order valence-corrected chi connectivity index (χ0v) is 14.5. The van der Waals surface area contributed by atoms with E-state index in [1.54, 1.807) is 19.2 Å². The van der Waals surface area contributed by atoms with E-state index in [0.29, 0.717) is 5.82 Å². The Labute approximate surface area is 154 Å². The zero-order valence-electron chi connectivity index (χ0n) is 14.5. The first kappa shape index (κ1) is 15.5. The lowest BCUT2D eigenvalue weighted by Crippen LogP contribution is -1.96. The first-order valence-corrected chi connectivity index (χ1v) is 8.54. The van der Waals surface area contributed by atoms with Gasteiger partial charge in [-0.05, 0) is 42.5 Å². The number of H-pyrrole nitrogens is 1. The van der Waals surface area contributed by atoms with Crippen LogP contribution in [-0.4, -0.2) is 32.0 Å². The minimum absolute atomic E-state index is 0.224. The van der Waals surface area contributed by atoms with E-state index in [0.717, 1.165) is 39.1 Å². The summed E-state index contributed by atoms with van der Waals surface area (Å²) in [6, 6.07) is 20.7. The quantitative estimate of drug-likeness (QED) is 0.506. The average Bonchev–Trinajstić information content (AvgIpc) is 3.29. The Balaban J connectivity index is 1.73. The predicted octanol–water partition coefficient (Wildman–Crippen LogP) is 4.28. The van der Waals surface area contributed by atoms with Crippen LogP contribution in [0.25, 0.3) is 39.1 Å². The topological polar surface area (TPSA) is 76.0 Å². The van der Waals surface area contributed by atoms with Crippen LogP contribution in [0, 0.1) is 0 Å². The molecule has 0 unspecified atom stereocenters. The number of phenolic OH excluding ortho intramolecular Hbond substituents is 1. The molecular formula is C21H16N4O2. The van der Waals surface area contributed by atoms with Crippen molar-refractivity contribution in [1.29, 1.82) is 0 Å². The highest BCUT2D eigenvalue weighted by Gasteiger charge is 2.16. The van der Waals surface area contributed by atoms with Gasteiger partial charge in [-0.3, -0.25) is 0 Å². The molecule has 0 saturated carbocycles. The molecule has 27 heavy (non-hydrogen) atoms. The Kier molecular flexibility index (Phi) is 3.36. The molecule has 0 radical (unpaired) electrons. The van der Waals surface area contributed by atoms with E-state index in [1.807, 2.05) is 59.3 Å². The standard InChI is InChI=1S/C21H16N4O2/c1-27-15-10-11-17-18(12-15)23-21(22-17)20-16-4-2-3-5-19(16)25(24-20)13-6-8-14(26)9-7-13/h2-12,26H,1H3,(H,22,23). The fourth-order valence-corrected chi connectivity index (χ4v) is 3.26. The molecule has 5 rings (SSSR count). The number of nitrogens with zero attached hydrogens (tertiary/aromatic N) is 3. The summed E-state index contributed by atoms with van der Waals surface area (Å²) in [4.78, 5) is 8.05. The molecule has 0 aliphatic heterocycles. The number of ether oxygens (including phenoxy) is 1. The van der Waals surface area contributed by atoms with Gasteiger partial charge in [0.05, 0.1) is 29.3 Å². The van der Waals surface area contributed by atoms with Gasteiger partial charge in [0.2, 0.25) is 0 Å². The van der Waals surface area contributed by atoms with E-state index in [9.17, 15) is 5.11 Å². The third-order valence-electron chi connectivity index (χ3n) is 4.59. The molecule has 0 saturated heterocycles. The molecule has 6 nitrogen and oxygen atoms in total. The van der Waals surface area contributed by atoms with Gasteiger partial charge in [-0.15, -0.1) is 0 Å². The van der Waals surface area contributed by atoms with Crippen LogP contribution in [0.5, 0.6) is 11.5 Å². The minimum atomic E-state index is 0.224. The third-order valence-corrected chi connectivity index (χ3v) is 4.59. The van der Waals surface area contributed by atoms with Gasteiger partial charge in [0.25, 0.3) is 0 Å². The molecule has 0 spiro atoms. The summed E-state index contributed by atoms with van der Waals surface area (Å²) in [5.41, 5.74) is 4.36. The monoisotopic (exact) mass is 356 g/mol. The number of nitrogens with one attached hydrogen (secondary N) is 1. The molecule has 0 bridgehead atoms. The molecule has 0 aliphatic carbocycles. The molecule has 0 aliphatic rings. The van der Waals surface area contributed by atoms with E-state index < -0.39 is 0 Å². The summed E-state index contributed by atoms with van der Waals surface area (Å²) in [7, 11) is 1.64. The van der Waals surface area contributed by atoms with E-state index >= 15 is 0 Å². The second kappa shape index (κ2) is 5.88. The van der Waals surface area contributed by atoms with Gasteiger partial charge in [-0.1, -0.05) is 18.2 Å². The lowest BCUT2D eigenvalue weighted by molar-refractivity contribution is 0.415. The molecule has 5 aromatic rings. The van der Waals surface area contributed by atoms with Gasteiger partial charge < -0.3 is 14.8 Å². The third kappa shape index (κ3) is 2.50. The van der Waals surface area contributed by atoms with Crippen LogP contribution in [0.1, 0.15) is 0 Å². The van der Waals surface area contributed by atoms with E-state index in [1.165, 1.54) is 0 Å². The number of aromatic nitrogens is 4. The van der Waals surface area contributed by atoms with Crippen molar-refractivity contribution in [3.8, 4) is 28.7 Å². The molecule has 6 heteroatoms. The van der Waals surface area contributed by atoms with Crippen molar-refractivity contribution in [2.45, 2.75) is 0 Å². The zero-order chi connectivity index (χ0) is 18.4. The molecule has 0 fully saturated rings. The highest BCUT2D eigenvalue weighted by molar-refractivity contribution is 5.94.